The summed E-state index contributed by atoms with van der Waals surface area (Å²) in [5.74, 6) is 3.99. The third-order valence-electron chi connectivity index (χ3n) is 2.82. The Balaban J connectivity index is 2.26. The topological polar surface area (TPSA) is 3.24 Å². The van der Waals surface area contributed by atoms with E-state index in [0.717, 1.165) is 0 Å². The summed E-state index contributed by atoms with van der Waals surface area (Å²) in [5, 5.41) is 0. The van der Waals surface area contributed by atoms with Crippen LogP contribution in [0.2, 0.25) is 0 Å². The number of rotatable bonds is 3. The van der Waals surface area contributed by atoms with Gasteiger partial charge in [-0.2, -0.15) is 9.06 Å². The lowest BCUT2D eigenvalue weighted by molar-refractivity contribution is 0.482. The van der Waals surface area contributed by atoms with Gasteiger partial charge in [0.1, 0.15) is 0 Å². The molecule has 1 heterocycles. The molecule has 0 saturated carbocycles. The smallest absolute Gasteiger partial charge is 0.0405 e. The fourth-order valence-corrected chi connectivity index (χ4v) is 9.42. The van der Waals surface area contributed by atoms with Crippen molar-refractivity contribution in [3.05, 3.63) is 30.3 Å². The molecule has 1 aliphatic rings. The average Bonchev–Trinajstić information content (AvgIpc) is 2.30. The summed E-state index contributed by atoms with van der Waals surface area (Å²) in [4.78, 5) is 3.95. The van der Waals surface area contributed by atoms with Crippen LogP contribution in [0.4, 0.5) is 0 Å². The number of hydrogen-bond acceptors (Lipinski definition) is 2. The van der Waals surface area contributed by atoms with E-state index < -0.39 is 9.06 Å². The van der Waals surface area contributed by atoms with Crippen molar-refractivity contribution in [2.45, 2.75) is 17.7 Å². The normalized spacial score (nSPS) is 29.9. The second-order valence-electron chi connectivity index (χ2n) is 4.57. The third-order valence-corrected chi connectivity index (χ3v) is 9.98. The molecule has 90 valence electrons. The van der Waals surface area contributed by atoms with Crippen molar-refractivity contribution >= 4 is 19.9 Å². The minimum absolute atomic E-state index is 0.633. The molecule has 0 amide bonds. The van der Waals surface area contributed by atoms with E-state index in [4.69, 9.17) is 0 Å². The maximum absolute atomic E-state index is 2.36. The first-order valence-electron chi connectivity index (χ1n) is 5.86. The van der Waals surface area contributed by atoms with Gasteiger partial charge in [-0.1, -0.05) is 18.2 Å². The Hall–Kier alpha value is -0.120. The van der Waals surface area contributed by atoms with Gasteiger partial charge in [-0.05, 0) is 49.7 Å². The van der Waals surface area contributed by atoms with Gasteiger partial charge in [0.25, 0.3) is 0 Å². The van der Waals surface area contributed by atoms with Crippen molar-refractivity contribution in [1.29, 1.82) is 0 Å². The molecular weight excluding hydrogens is 234 g/mol. The molecule has 0 aromatic heterocycles. The first-order chi connectivity index (χ1) is 7.73. The maximum atomic E-state index is 2.36. The second kappa shape index (κ2) is 5.48. The van der Waals surface area contributed by atoms with E-state index in [-0.39, 0.29) is 0 Å². The van der Waals surface area contributed by atoms with Crippen molar-refractivity contribution in [1.82, 2.24) is 4.90 Å². The summed E-state index contributed by atoms with van der Waals surface area (Å²) < 4.78 is 0. The lowest BCUT2D eigenvalue weighted by Crippen LogP contribution is -2.22. The molecular formula is C13H21NS2. The monoisotopic (exact) mass is 255 g/mol. The highest BCUT2D eigenvalue weighted by molar-refractivity contribution is 8.94. The van der Waals surface area contributed by atoms with Gasteiger partial charge in [-0.3, -0.25) is 0 Å². The van der Waals surface area contributed by atoms with Crippen LogP contribution in [0.25, 0.3) is 0 Å². The van der Waals surface area contributed by atoms with Gasteiger partial charge >= 0.3 is 0 Å². The first-order valence-corrected chi connectivity index (χ1v) is 9.33. The van der Waals surface area contributed by atoms with Gasteiger partial charge < -0.3 is 4.90 Å². The molecule has 1 fully saturated rings. The molecule has 0 aliphatic carbocycles. The molecule has 0 radical (unpaired) electrons. The predicted molar refractivity (Wildman–Crippen MR) is 77.4 cm³/mol. The summed E-state index contributed by atoms with van der Waals surface area (Å²) in [6, 6.07) is 11.2. The zero-order valence-corrected chi connectivity index (χ0v) is 11.8. The van der Waals surface area contributed by atoms with Gasteiger partial charge in [0, 0.05) is 11.6 Å². The van der Waals surface area contributed by atoms with Crippen LogP contribution in [0, 0.1) is 0 Å². The molecule has 1 unspecified atom stereocenters. The molecule has 0 bridgehead atoms. The van der Waals surface area contributed by atoms with Crippen LogP contribution in [0.15, 0.2) is 35.2 Å². The lowest BCUT2D eigenvalue weighted by atomic mass is 10.4. The molecule has 16 heavy (non-hydrogen) atoms. The Labute approximate surface area is 104 Å². The Morgan fingerprint density at radius 3 is 2.50 bits per heavy atom. The summed E-state index contributed by atoms with van der Waals surface area (Å²) in [7, 11) is 6.00. The summed E-state index contributed by atoms with van der Waals surface area (Å²) in [6.07, 6.45) is 2.81. The van der Waals surface area contributed by atoms with Crippen LogP contribution >= 0.6 is 19.9 Å². The van der Waals surface area contributed by atoms with Crippen molar-refractivity contribution in [3.63, 3.8) is 0 Å². The van der Waals surface area contributed by atoms with E-state index in [1.165, 1.54) is 30.2 Å². The summed E-state index contributed by atoms with van der Waals surface area (Å²) in [6.45, 7) is 0. The fraction of sp³-hybridized carbons (Fsp3) is 0.538. The van der Waals surface area contributed by atoms with Crippen molar-refractivity contribution in [2.24, 2.45) is 0 Å². The minimum atomic E-state index is -0.633. The van der Waals surface area contributed by atoms with Crippen molar-refractivity contribution in [3.8, 4) is 0 Å². The van der Waals surface area contributed by atoms with Crippen LogP contribution in [0.1, 0.15) is 12.8 Å². The van der Waals surface area contributed by atoms with Gasteiger partial charge in [0.15, 0.2) is 0 Å². The molecule has 1 aromatic carbocycles. The van der Waals surface area contributed by atoms with Gasteiger partial charge in [-0.25, -0.2) is 0 Å². The highest BCUT2D eigenvalue weighted by Gasteiger charge is 2.29. The quantitative estimate of drug-likeness (QED) is 0.756. The minimum Gasteiger partial charge on any atom is -0.301 e. The number of benzene rings is 1. The molecule has 0 spiro atoms. The largest absolute Gasteiger partial charge is 0.301 e. The first kappa shape index (κ1) is 12.3. The van der Waals surface area contributed by atoms with Crippen LogP contribution in [-0.2, 0) is 0 Å². The summed E-state index contributed by atoms with van der Waals surface area (Å²) >= 11 is 0. The zero-order chi connectivity index (χ0) is 11.4. The molecule has 1 saturated heterocycles. The van der Waals surface area contributed by atoms with Crippen molar-refractivity contribution in [2.75, 3.05) is 31.5 Å². The summed E-state index contributed by atoms with van der Waals surface area (Å²) in [5.41, 5.74) is 0. The average molecular weight is 255 g/mol. The molecule has 3 heteroatoms. The molecule has 1 nitrogen and oxygen atoms in total. The molecule has 1 atom stereocenters. The van der Waals surface area contributed by atoms with E-state index >= 15 is 0 Å². The van der Waals surface area contributed by atoms with Gasteiger partial charge in [0.2, 0.25) is 0 Å². The van der Waals surface area contributed by atoms with E-state index in [1.807, 2.05) is 0 Å². The Morgan fingerprint density at radius 1 is 1.19 bits per heavy atom. The molecule has 2 rings (SSSR count). The van der Waals surface area contributed by atoms with Crippen LogP contribution < -0.4 is 0 Å². The lowest BCUT2D eigenvalue weighted by Gasteiger charge is -2.44. The molecule has 1 aliphatic heterocycles. The zero-order valence-electron chi connectivity index (χ0n) is 10.2. The van der Waals surface area contributed by atoms with Crippen LogP contribution in [0.3, 0.4) is 0 Å². The van der Waals surface area contributed by atoms with Crippen LogP contribution in [-0.4, -0.2) is 36.4 Å². The van der Waals surface area contributed by atoms with E-state index in [2.05, 4.69) is 60.1 Å². The van der Waals surface area contributed by atoms with E-state index in [9.17, 15) is 0 Å². The van der Waals surface area contributed by atoms with Gasteiger partial charge in [-0.15, -0.1) is 10.8 Å². The number of nitrogens with zero attached hydrogens (tertiary/aromatic N) is 1. The molecule has 0 N–H and O–H groups in total. The number of hydrogen-bond donors (Lipinski definition) is 0. The standard InChI is InChI=1S/C13H21NS2/c1-14(2)12-16(11-7-6-10-15-16)13-8-4-3-5-9-13/h3-5,8-9H,6-7,10-12H2,1-2H3. The predicted octanol–water partition coefficient (Wildman–Crippen LogP) is 3.81. The third kappa shape index (κ3) is 2.76. The fourth-order valence-electron chi connectivity index (χ4n) is 2.16. The maximum Gasteiger partial charge on any atom is 0.0405 e. The van der Waals surface area contributed by atoms with E-state index in [0.29, 0.717) is 0 Å². The van der Waals surface area contributed by atoms with Gasteiger partial charge in [0.05, 0.1) is 0 Å². The SMILES string of the molecule is CN(C)CS1(c2ccccc2)CCCCS1. The second-order valence-corrected chi connectivity index (χ2v) is 10.6. The van der Waals surface area contributed by atoms with Crippen LogP contribution in [0.5, 0.6) is 0 Å². The highest BCUT2D eigenvalue weighted by Crippen LogP contribution is 2.68. The Bertz CT molecular complexity index is 318. The van der Waals surface area contributed by atoms with E-state index in [1.54, 1.807) is 4.90 Å². The van der Waals surface area contributed by atoms with Crippen molar-refractivity contribution < 1.29 is 0 Å². The Morgan fingerprint density at radius 2 is 1.94 bits per heavy atom. The Kier molecular flexibility index (Phi) is 4.22. The highest BCUT2D eigenvalue weighted by atomic mass is 33.2. The molecule has 1 aromatic rings.